The van der Waals surface area contributed by atoms with Gasteiger partial charge in [0.25, 0.3) is 0 Å². The van der Waals surface area contributed by atoms with Crippen LogP contribution in [0.4, 0.5) is 11.4 Å². The number of aromatic amines is 1. The molecule has 140 valence electrons. The summed E-state index contributed by atoms with van der Waals surface area (Å²) >= 11 is 0. The van der Waals surface area contributed by atoms with Gasteiger partial charge in [-0.3, -0.25) is 10.1 Å². The second kappa shape index (κ2) is 7.08. The van der Waals surface area contributed by atoms with Crippen LogP contribution < -0.4 is 11.5 Å². The van der Waals surface area contributed by atoms with Gasteiger partial charge in [0.1, 0.15) is 0 Å². The molecule has 1 unspecified atom stereocenters. The number of nitrogens with zero attached hydrogens (tertiary/aromatic N) is 1. The lowest BCUT2D eigenvalue weighted by Crippen LogP contribution is -2.14. The smallest absolute Gasteiger partial charge is 0.214 e. The topological polar surface area (TPSA) is 111 Å². The Morgan fingerprint density at radius 3 is 2.14 bits per heavy atom. The Morgan fingerprint density at radius 2 is 1.50 bits per heavy atom. The zero-order valence-corrected chi connectivity index (χ0v) is 15.1. The zero-order valence-electron chi connectivity index (χ0n) is 15.1. The number of hydrogen-bond donors (Lipinski definition) is 3. The van der Waals surface area contributed by atoms with Crippen LogP contribution in [0.1, 0.15) is 17.0 Å². The minimum Gasteiger partial charge on any atom is -0.399 e. The SMILES string of the molecule is Nc1ccc(-c2[nH]c3ccccc3c2C(C[N+](=O)[O-])c2ccc(N)cc2)cc1. The van der Waals surface area contributed by atoms with E-state index >= 15 is 0 Å². The first-order valence-electron chi connectivity index (χ1n) is 8.96. The number of nitrogens with two attached hydrogens (primary N) is 2. The van der Waals surface area contributed by atoms with Crippen LogP contribution in [0.3, 0.4) is 0 Å². The molecule has 0 aliphatic carbocycles. The first kappa shape index (κ1) is 17.6. The quantitative estimate of drug-likeness (QED) is 0.274. The fourth-order valence-electron chi connectivity index (χ4n) is 3.64. The number of hydrogen-bond acceptors (Lipinski definition) is 4. The third kappa shape index (κ3) is 3.27. The number of nitro groups is 1. The monoisotopic (exact) mass is 372 g/mol. The highest BCUT2D eigenvalue weighted by atomic mass is 16.6. The van der Waals surface area contributed by atoms with E-state index < -0.39 is 5.92 Å². The predicted molar refractivity (Wildman–Crippen MR) is 113 cm³/mol. The van der Waals surface area contributed by atoms with E-state index in [0.717, 1.165) is 33.3 Å². The average Bonchev–Trinajstić information content (AvgIpc) is 3.06. The van der Waals surface area contributed by atoms with E-state index in [1.807, 2.05) is 60.7 Å². The molecule has 0 saturated heterocycles. The van der Waals surface area contributed by atoms with Gasteiger partial charge in [-0.2, -0.15) is 0 Å². The van der Waals surface area contributed by atoms with Gasteiger partial charge in [-0.15, -0.1) is 0 Å². The van der Waals surface area contributed by atoms with Crippen molar-refractivity contribution >= 4 is 22.3 Å². The Hall–Kier alpha value is -3.80. The molecule has 0 fully saturated rings. The van der Waals surface area contributed by atoms with Crippen molar-refractivity contribution in [3.05, 3.63) is 94.0 Å². The minimum atomic E-state index is -0.417. The summed E-state index contributed by atoms with van der Waals surface area (Å²) in [6.07, 6.45) is 0. The summed E-state index contributed by atoms with van der Waals surface area (Å²) in [5, 5.41) is 12.5. The molecule has 5 N–H and O–H groups in total. The molecule has 0 amide bonds. The van der Waals surface area contributed by atoms with E-state index in [0.29, 0.717) is 11.4 Å². The van der Waals surface area contributed by atoms with Gasteiger partial charge in [0.15, 0.2) is 0 Å². The van der Waals surface area contributed by atoms with Crippen molar-refractivity contribution in [3.8, 4) is 11.3 Å². The van der Waals surface area contributed by atoms with E-state index in [1.165, 1.54) is 0 Å². The molecule has 6 nitrogen and oxygen atoms in total. The molecule has 0 radical (unpaired) electrons. The van der Waals surface area contributed by atoms with E-state index in [4.69, 9.17) is 11.5 Å². The summed E-state index contributed by atoms with van der Waals surface area (Å²) in [5.41, 5.74) is 17.4. The maximum atomic E-state index is 11.5. The van der Waals surface area contributed by atoms with Gasteiger partial charge in [-0.05, 0) is 47.0 Å². The summed E-state index contributed by atoms with van der Waals surface area (Å²) in [7, 11) is 0. The molecule has 6 heteroatoms. The van der Waals surface area contributed by atoms with Crippen LogP contribution in [-0.2, 0) is 0 Å². The number of fused-ring (bicyclic) bond motifs is 1. The lowest BCUT2D eigenvalue weighted by molar-refractivity contribution is -0.481. The van der Waals surface area contributed by atoms with E-state index in [1.54, 1.807) is 12.1 Å². The first-order chi connectivity index (χ1) is 13.5. The van der Waals surface area contributed by atoms with Crippen molar-refractivity contribution in [3.63, 3.8) is 0 Å². The Bertz CT molecular complexity index is 1130. The highest BCUT2D eigenvalue weighted by Gasteiger charge is 2.27. The summed E-state index contributed by atoms with van der Waals surface area (Å²) in [5.74, 6) is -0.417. The summed E-state index contributed by atoms with van der Waals surface area (Å²) < 4.78 is 0. The molecule has 28 heavy (non-hydrogen) atoms. The fraction of sp³-hybridized carbons (Fsp3) is 0.0909. The molecule has 4 rings (SSSR count). The molecule has 4 aromatic rings. The maximum absolute atomic E-state index is 11.5. The van der Waals surface area contributed by atoms with E-state index in [9.17, 15) is 10.1 Å². The third-order valence-electron chi connectivity index (χ3n) is 4.96. The molecule has 1 atom stereocenters. The van der Waals surface area contributed by atoms with Gasteiger partial charge in [0, 0.05) is 27.2 Å². The number of nitrogen functional groups attached to an aromatic ring is 2. The number of aromatic nitrogens is 1. The molecular formula is C22H20N4O2. The first-order valence-corrected chi connectivity index (χ1v) is 8.96. The maximum Gasteiger partial charge on any atom is 0.214 e. The van der Waals surface area contributed by atoms with Gasteiger partial charge < -0.3 is 16.5 Å². The van der Waals surface area contributed by atoms with Gasteiger partial charge in [0.05, 0.1) is 11.6 Å². The Balaban J connectivity index is 1.97. The second-order valence-electron chi connectivity index (χ2n) is 6.82. The lowest BCUT2D eigenvalue weighted by atomic mass is 9.87. The number of anilines is 2. The van der Waals surface area contributed by atoms with Crippen molar-refractivity contribution in [1.82, 2.24) is 4.98 Å². The molecule has 0 aliphatic rings. The highest BCUT2D eigenvalue weighted by molar-refractivity contribution is 5.92. The molecular weight excluding hydrogens is 352 g/mol. The Labute approximate surface area is 161 Å². The van der Waals surface area contributed by atoms with Gasteiger partial charge >= 0.3 is 0 Å². The van der Waals surface area contributed by atoms with Gasteiger partial charge in [0.2, 0.25) is 6.54 Å². The third-order valence-corrected chi connectivity index (χ3v) is 4.96. The fourth-order valence-corrected chi connectivity index (χ4v) is 3.64. The van der Waals surface area contributed by atoms with Gasteiger partial charge in [-0.25, -0.2) is 0 Å². The van der Waals surface area contributed by atoms with Crippen LogP contribution in [0.15, 0.2) is 72.8 Å². The Kier molecular flexibility index (Phi) is 4.45. The van der Waals surface area contributed by atoms with Crippen molar-refractivity contribution < 1.29 is 4.92 Å². The summed E-state index contributed by atoms with van der Waals surface area (Å²) in [6.45, 7) is -0.215. The standard InChI is InChI=1S/C22H20N4O2/c23-16-9-5-14(6-10-16)19(13-26(27)28)21-18-3-1-2-4-20(18)25-22(21)15-7-11-17(24)12-8-15/h1-12,19,25H,13,23-24H2. The van der Waals surface area contributed by atoms with Crippen molar-refractivity contribution in [1.29, 1.82) is 0 Å². The molecule has 0 aliphatic heterocycles. The number of H-pyrrole nitrogens is 1. The van der Waals surface area contributed by atoms with Crippen LogP contribution >= 0.6 is 0 Å². The number of nitrogens with one attached hydrogen (secondary N) is 1. The largest absolute Gasteiger partial charge is 0.399 e. The van der Waals surface area contributed by atoms with E-state index in [-0.39, 0.29) is 11.5 Å². The van der Waals surface area contributed by atoms with Crippen molar-refractivity contribution in [2.24, 2.45) is 0 Å². The van der Waals surface area contributed by atoms with Crippen LogP contribution in [0.2, 0.25) is 0 Å². The predicted octanol–water partition coefficient (Wildman–Crippen LogP) is 4.41. The van der Waals surface area contributed by atoms with Crippen LogP contribution in [-0.4, -0.2) is 16.5 Å². The summed E-state index contributed by atoms with van der Waals surface area (Å²) in [6, 6.07) is 22.6. The lowest BCUT2D eigenvalue weighted by Gasteiger charge is -2.16. The number of benzene rings is 3. The van der Waals surface area contributed by atoms with Crippen molar-refractivity contribution in [2.45, 2.75) is 5.92 Å². The molecule has 3 aromatic carbocycles. The van der Waals surface area contributed by atoms with Crippen molar-refractivity contribution in [2.75, 3.05) is 18.0 Å². The van der Waals surface area contributed by atoms with Crippen LogP contribution in [0, 0.1) is 10.1 Å². The zero-order chi connectivity index (χ0) is 19.7. The van der Waals surface area contributed by atoms with E-state index in [2.05, 4.69) is 4.98 Å². The second-order valence-corrected chi connectivity index (χ2v) is 6.82. The Morgan fingerprint density at radius 1 is 0.893 bits per heavy atom. The van der Waals surface area contributed by atoms with Crippen LogP contribution in [0.5, 0.6) is 0 Å². The minimum absolute atomic E-state index is 0.215. The molecule has 1 aromatic heterocycles. The van der Waals surface area contributed by atoms with Crippen LogP contribution in [0.25, 0.3) is 22.2 Å². The number of rotatable bonds is 5. The molecule has 0 spiro atoms. The normalized spacial score (nSPS) is 12.1. The number of para-hydroxylation sites is 1. The highest BCUT2D eigenvalue weighted by Crippen LogP contribution is 2.39. The average molecular weight is 372 g/mol. The molecule has 1 heterocycles. The van der Waals surface area contributed by atoms with Gasteiger partial charge in [-0.1, -0.05) is 42.5 Å². The summed E-state index contributed by atoms with van der Waals surface area (Å²) in [4.78, 5) is 14.7. The molecule has 0 saturated carbocycles. The molecule has 0 bridgehead atoms.